The maximum Gasteiger partial charge on any atom is 0.277 e. The van der Waals surface area contributed by atoms with Gasteiger partial charge >= 0.3 is 0 Å². The molecule has 5 heteroatoms. The minimum absolute atomic E-state index is 0.133. The van der Waals surface area contributed by atoms with Gasteiger partial charge in [-0.25, -0.2) is 0 Å². The Kier molecular flexibility index (Phi) is 7.73. The number of ether oxygens (including phenoxy) is 1. The van der Waals surface area contributed by atoms with E-state index in [1.54, 1.807) is 7.11 Å². The van der Waals surface area contributed by atoms with Crippen molar-refractivity contribution in [2.45, 2.75) is 64.7 Å². The van der Waals surface area contributed by atoms with Crippen molar-refractivity contribution in [3.05, 3.63) is 35.5 Å². The molecule has 0 aliphatic carbocycles. The largest absolute Gasteiger partial charge is 0.496 e. The van der Waals surface area contributed by atoms with Gasteiger partial charge < -0.3 is 9.64 Å². The first-order chi connectivity index (χ1) is 14.2. The van der Waals surface area contributed by atoms with E-state index in [0.29, 0.717) is 23.6 Å². The van der Waals surface area contributed by atoms with Gasteiger partial charge in [-0.05, 0) is 31.7 Å². The minimum Gasteiger partial charge on any atom is -0.496 e. The van der Waals surface area contributed by atoms with Gasteiger partial charge in [0.15, 0.2) is 0 Å². The lowest BCUT2D eigenvalue weighted by molar-refractivity contribution is -0.137. The second-order valence-electron chi connectivity index (χ2n) is 8.00. The van der Waals surface area contributed by atoms with Gasteiger partial charge in [-0.2, -0.15) is 0 Å². The predicted octanol–water partition coefficient (Wildman–Crippen LogP) is 4.62. The number of amides is 2. The summed E-state index contributed by atoms with van der Waals surface area (Å²) >= 11 is 0. The Morgan fingerprint density at radius 1 is 0.897 bits per heavy atom. The Hall–Kier alpha value is -2.30. The summed E-state index contributed by atoms with van der Waals surface area (Å²) in [6, 6.07) is 7.52. The zero-order valence-corrected chi connectivity index (χ0v) is 17.9. The summed E-state index contributed by atoms with van der Waals surface area (Å²) in [5.41, 5.74) is 1.81. The third-order valence-corrected chi connectivity index (χ3v) is 5.93. The summed E-state index contributed by atoms with van der Waals surface area (Å²) in [6.07, 6.45) is 10.1. The van der Waals surface area contributed by atoms with Gasteiger partial charge in [-0.15, -0.1) is 0 Å². The van der Waals surface area contributed by atoms with E-state index < -0.39 is 0 Å². The van der Waals surface area contributed by atoms with Crippen molar-refractivity contribution >= 4 is 17.4 Å². The molecule has 3 rings (SSSR count). The zero-order chi connectivity index (χ0) is 20.6. The molecule has 1 aromatic rings. The third kappa shape index (κ3) is 4.82. The van der Waals surface area contributed by atoms with Gasteiger partial charge in [-0.3, -0.25) is 14.5 Å². The number of para-hydroxylation sites is 1. The lowest BCUT2D eigenvalue weighted by atomic mass is 10.0. The zero-order valence-electron chi connectivity index (χ0n) is 17.9. The highest BCUT2D eigenvalue weighted by Crippen LogP contribution is 2.37. The van der Waals surface area contributed by atoms with Crippen LogP contribution >= 0.6 is 0 Å². The molecule has 1 fully saturated rings. The molecule has 2 aliphatic heterocycles. The molecule has 1 aromatic carbocycles. The van der Waals surface area contributed by atoms with Gasteiger partial charge in [0.2, 0.25) is 0 Å². The molecule has 0 N–H and O–H groups in total. The van der Waals surface area contributed by atoms with Gasteiger partial charge in [0.1, 0.15) is 11.4 Å². The van der Waals surface area contributed by atoms with E-state index in [1.807, 2.05) is 24.3 Å². The van der Waals surface area contributed by atoms with Gasteiger partial charge in [0.25, 0.3) is 11.8 Å². The second kappa shape index (κ2) is 10.5. The highest BCUT2D eigenvalue weighted by Gasteiger charge is 2.42. The smallest absolute Gasteiger partial charge is 0.277 e. The molecule has 5 nitrogen and oxygen atoms in total. The van der Waals surface area contributed by atoms with E-state index in [2.05, 4.69) is 11.8 Å². The molecule has 0 bridgehead atoms. The minimum atomic E-state index is -0.173. The number of rotatable bonds is 10. The molecule has 0 atom stereocenters. The Morgan fingerprint density at radius 3 is 2.31 bits per heavy atom. The first-order valence-electron chi connectivity index (χ1n) is 11.2. The molecule has 2 amide bonds. The molecule has 0 radical (unpaired) electrons. The van der Waals surface area contributed by atoms with Gasteiger partial charge in [0, 0.05) is 25.2 Å². The molecule has 29 heavy (non-hydrogen) atoms. The fourth-order valence-electron chi connectivity index (χ4n) is 4.32. The van der Waals surface area contributed by atoms with E-state index in [9.17, 15) is 9.59 Å². The highest BCUT2D eigenvalue weighted by atomic mass is 16.5. The molecule has 1 saturated heterocycles. The Labute approximate surface area is 174 Å². The van der Waals surface area contributed by atoms with Crippen LogP contribution in [0.4, 0.5) is 0 Å². The van der Waals surface area contributed by atoms with E-state index in [1.165, 1.54) is 30.6 Å². The molecule has 0 aromatic heterocycles. The van der Waals surface area contributed by atoms with Crippen molar-refractivity contribution in [1.82, 2.24) is 9.80 Å². The number of benzene rings is 1. The number of carbonyl (C=O) groups is 2. The first-order valence-corrected chi connectivity index (χ1v) is 11.2. The number of hydrogen-bond donors (Lipinski definition) is 0. The Bertz CT molecular complexity index is 750. The van der Waals surface area contributed by atoms with Crippen LogP contribution in [0, 0.1) is 0 Å². The summed E-state index contributed by atoms with van der Waals surface area (Å²) in [5.74, 6) is 0.333. The number of piperidine rings is 1. The topological polar surface area (TPSA) is 49.9 Å². The Morgan fingerprint density at radius 2 is 1.59 bits per heavy atom. The number of likely N-dealkylation sites (tertiary alicyclic amines) is 1. The van der Waals surface area contributed by atoms with Crippen LogP contribution in [0.2, 0.25) is 0 Å². The van der Waals surface area contributed by atoms with E-state index in [-0.39, 0.29) is 11.8 Å². The fourth-order valence-corrected chi connectivity index (χ4v) is 4.32. The van der Waals surface area contributed by atoms with Crippen LogP contribution in [0.5, 0.6) is 5.75 Å². The standard InChI is InChI=1S/C24H34N2O3/c1-3-4-5-6-7-13-18-26-23(27)21(19-14-9-10-15-20(19)29-2)22(24(26)28)25-16-11-8-12-17-25/h9-10,14-15H,3-8,11-13,16-18H2,1-2H3. The summed E-state index contributed by atoms with van der Waals surface area (Å²) in [4.78, 5) is 30.3. The molecular weight excluding hydrogens is 364 g/mol. The van der Waals surface area contributed by atoms with Crippen molar-refractivity contribution in [2.75, 3.05) is 26.7 Å². The fraction of sp³-hybridized carbons (Fsp3) is 0.583. The SMILES string of the molecule is CCCCCCCCN1C(=O)C(c2ccccc2OC)=C(N2CCCCC2)C1=O. The number of methoxy groups -OCH3 is 1. The molecule has 0 spiro atoms. The van der Waals surface area contributed by atoms with Crippen LogP contribution in [-0.4, -0.2) is 48.4 Å². The maximum atomic E-state index is 13.4. The molecule has 158 valence electrons. The van der Waals surface area contributed by atoms with Crippen molar-refractivity contribution in [3.63, 3.8) is 0 Å². The number of imide groups is 1. The van der Waals surface area contributed by atoms with Crippen LogP contribution in [0.3, 0.4) is 0 Å². The van der Waals surface area contributed by atoms with Crippen molar-refractivity contribution in [2.24, 2.45) is 0 Å². The average molecular weight is 399 g/mol. The summed E-state index contributed by atoms with van der Waals surface area (Å²) in [7, 11) is 1.61. The van der Waals surface area contributed by atoms with Crippen LogP contribution in [0.25, 0.3) is 5.57 Å². The van der Waals surface area contributed by atoms with Crippen molar-refractivity contribution in [3.8, 4) is 5.75 Å². The van der Waals surface area contributed by atoms with Gasteiger partial charge in [0.05, 0.1) is 12.7 Å². The van der Waals surface area contributed by atoms with E-state index in [4.69, 9.17) is 4.74 Å². The normalized spacial score (nSPS) is 17.4. The third-order valence-electron chi connectivity index (χ3n) is 5.93. The lowest BCUT2D eigenvalue weighted by Crippen LogP contribution is -2.37. The summed E-state index contributed by atoms with van der Waals surface area (Å²) < 4.78 is 5.51. The number of carbonyl (C=O) groups excluding carboxylic acids is 2. The summed E-state index contributed by atoms with van der Waals surface area (Å²) in [6.45, 7) is 4.37. The van der Waals surface area contributed by atoms with Crippen molar-refractivity contribution < 1.29 is 14.3 Å². The molecule has 0 saturated carbocycles. The maximum absolute atomic E-state index is 13.4. The predicted molar refractivity (Wildman–Crippen MR) is 115 cm³/mol. The van der Waals surface area contributed by atoms with Crippen LogP contribution < -0.4 is 4.74 Å². The Balaban J connectivity index is 1.83. The van der Waals surface area contributed by atoms with Crippen LogP contribution in [0.1, 0.15) is 70.3 Å². The van der Waals surface area contributed by atoms with E-state index >= 15 is 0 Å². The molecular formula is C24H34N2O3. The summed E-state index contributed by atoms with van der Waals surface area (Å²) in [5, 5.41) is 0. The molecule has 2 aliphatic rings. The highest BCUT2D eigenvalue weighted by molar-refractivity contribution is 6.36. The quantitative estimate of drug-likeness (QED) is 0.426. The van der Waals surface area contributed by atoms with Gasteiger partial charge in [-0.1, -0.05) is 57.2 Å². The number of nitrogens with zero attached hydrogens (tertiary/aromatic N) is 2. The monoisotopic (exact) mass is 398 g/mol. The second-order valence-corrected chi connectivity index (χ2v) is 8.00. The van der Waals surface area contributed by atoms with Crippen LogP contribution in [-0.2, 0) is 9.59 Å². The van der Waals surface area contributed by atoms with E-state index in [0.717, 1.165) is 50.8 Å². The number of unbranched alkanes of at least 4 members (excludes halogenated alkanes) is 5. The van der Waals surface area contributed by atoms with Crippen molar-refractivity contribution in [1.29, 1.82) is 0 Å². The molecule has 0 unspecified atom stereocenters. The first kappa shape index (κ1) is 21.4. The molecule has 2 heterocycles. The lowest BCUT2D eigenvalue weighted by Gasteiger charge is -2.29. The number of hydrogen-bond acceptors (Lipinski definition) is 4. The van der Waals surface area contributed by atoms with Crippen LogP contribution in [0.15, 0.2) is 30.0 Å². The average Bonchev–Trinajstić information content (AvgIpc) is 3.01.